The van der Waals surface area contributed by atoms with Crippen LogP contribution in [0.2, 0.25) is 0 Å². The molecular formula is C18H17NO4S3. The van der Waals surface area contributed by atoms with Crippen LogP contribution >= 0.6 is 23.5 Å². The van der Waals surface area contributed by atoms with Crippen molar-refractivity contribution in [3.8, 4) is 0 Å². The van der Waals surface area contributed by atoms with Crippen molar-refractivity contribution in [2.75, 3.05) is 24.6 Å². The van der Waals surface area contributed by atoms with E-state index in [0.717, 1.165) is 25.1 Å². The van der Waals surface area contributed by atoms with Crippen molar-refractivity contribution in [2.45, 2.75) is 25.6 Å². The van der Waals surface area contributed by atoms with Crippen LogP contribution in [0, 0.1) is 0 Å². The number of carboxylic acids is 1. The number of rotatable bonds is 3. The van der Waals surface area contributed by atoms with Gasteiger partial charge in [-0.05, 0) is 23.8 Å². The van der Waals surface area contributed by atoms with Gasteiger partial charge in [0, 0.05) is 32.7 Å². The fourth-order valence-corrected chi connectivity index (χ4v) is 6.90. The van der Waals surface area contributed by atoms with Crippen molar-refractivity contribution in [1.82, 2.24) is 4.90 Å². The number of fused-ring (bicyclic) bond motifs is 2. The molecule has 0 saturated carbocycles. The number of sulfone groups is 1. The van der Waals surface area contributed by atoms with Crippen LogP contribution in [-0.4, -0.2) is 49.0 Å². The molecule has 0 amide bonds. The second-order valence-electron chi connectivity index (χ2n) is 6.25. The zero-order valence-corrected chi connectivity index (χ0v) is 16.2. The first-order valence-electron chi connectivity index (χ1n) is 8.19. The molecule has 2 aromatic rings. The van der Waals surface area contributed by atoms with Crippen LogP contribution in [0.1, 0.15) is 11.6 Å². The van der Waals surface area contributed by atoms with E-state index in [2.05, 4.69) is 6.07 Å². The van der Waals surface area contributed by atoms with Gasteiger partial charge in [0.25, 0.3) is 0 Å². The summed E-state index contributed by atoms with van der Waals surface area (Å²) in [4.78, 5) is 18.1. The minimum absolute atomic E-state index is 0.0104. The summed E-state index contributed by atoms with van der Waals surface area (Å²) in [7, 11) is -3.06. The molecule has 2 aliphatic heterocycles. The van der Waals surface area contributed by atoms with Crippen molar-refractivity contribution in [3.05, 3.63) is 48.0 Å². The number of carboxylic acid groups (broad SMARTS) is 1. The fraction of sp³-hybridized carbons (Fsp3) is 0.278. The van der Waals surface area contributed by atoms with E-state index in [1.54, 1.807) is 28.4 Å². The molecule has 1 fully saturated rings. The molecule has 1 N–H and O–H groups in total. The van der Waals surface area contributed by atoms with Crippen molar-refractivity contribution >= 4 is 39.3 Å². The highest BCUT2D eigenvalue weighted by Crippen LogP contribution is 2.51. The molecule has 0 bridgehead atoms. The topological polar surface area (TPSA) is 74.7 Å². The zero-order valence-electron chi connectivity index (χ0n) is 13.8. The van der Waals surface area contributed by atoms with Gasteiger partial charge in [0.2, 0.25) is 0 Å². The first kappa shape index (κ1) is 17.9. The summed E-state index contributed by atoms with van der Waals surface area (Å²) < 4.78 is 23.4. The Morgan fingerprint density at radius 1 is 0.962 bits per heavy atom. The molecule has 2 heterocycles. The molecule has 0 aliphatic carbocycles. The molecule has 1 unspecified atom stereocenters. The molecular weight excluding hydrogens is 390 g/mol. The largest absolute Gasteiger partial charge is 0.480 e. The van der Waals surface area contributed by atoms with E-state index in [9.17, 15) is 18.3 Å². The highest BCUT2D eigenvalue weighted by atomic mass is 32.2. The Labute approximate surface area is 160 Å². The van der Waals surface area contributed by atoms with Gasteiger partial charge in [-0.3, -0.25) is 9.69 Å². The Morgan fingerprint density at radius 3 is 2.23 bits per heavy atom. The van der Waals surface area contributed by atoms with Crippen molar-refractivity contribution < 1.29 is 18.3 Å². The number of nitrogens with zero attached hydrogens (tertiary/aromatic N) is 1. The molecule has 26 heavy (non-hydrogen) atoms. The molecule has 0 aromatic heterocycles. The third-order valence-corrected chi connectivity index (χ3v) is 8.80. The van der Waals surface area contributed by atoms with Crippen LogP contribution < -0.4 is 0 Å². The number of benzene rings is 2. The lowest BCUT2D eigenvalue weighted by Crippen LogP contribution is -2.44. The second-order valence-corrected chi connectivity index (χ2v) is 10.7. The van der Waals surface area contributed by atoms with Gasteiger partial charge in [0.1, 0.15) is 6.04 Å². The fourth-order valence-electron chi connectivity index (χ4n) is 3.26. The Hall–Kier alpha value is -1.48. The molecule has 136 valence electrons. The third kappa shape index (κ3) is 3.38. The Kier molecular flexibility index (Phi) is 4.77. The normalized spacial score (nSPS) is 20.0. The molecule has 2 aliphatic rings. The van der Waals surface area contributed by atoms with E-state index in [1.807, 2.05) is 36.4 Å². The molecule has 1 atom stereocenters. The predicted octanol–water partition coefficient (Wildman–Crippen LogP) is 3.16. The number of aliphatic carboxylic acids is 1. The van der Waals surface area contributed by atoms with Crippen LogP contribution in [-0.2, 0) is 14.6 Å². The smallest absolute Gasteiger partial charge is 0.325 e. The molecule has 8 heteroatoms. The lowest BCUT2D eigenvalue weighted by molar-refractivity contribution is -0.143. The van der Waals surface area contributed by atoms with Crippen LogP contribution in [0.3, 0.4) is 0 Å². The maximum Gasteiger partial charge on any atom is 0.325 e. The van der Waals surface area contributed by atoms with Gasteiger partial charge in [0.15, 0.2) is 9.84 Å². The van der Waals surface area contributed by atoms with Crippen LogP contribution in [0.5, 0.6) is 0 Å². The van der Waals surface area contributed by atoms with E-state index < -0.39 is 21.8 Å². The highest BCUT2D eigenvalue weighted by molar-refractivity contribution is 8.05. The average molecular weight is 408 g/mol. The minimum atomic E-state index is -3.06. The lowest BCUT2D eigenvalue weighted by atomic mass is 10.1. The molecule has 0 spiro atoms. The third-order valence-electron chi connectivity index (χ3n) is 4.56. The number of carbonyl (C=O) groups is 1. The lowest BCUT2D eigenvalue weighted by Gasteiger charge is -2.33. The van der Waals surface area contributed by atoms with Gasteiger partial charge in [0.05, 0.1) is 11.5 Å². The minimum Gasteiger partial charge on any atom is -0.480 e. The SMILES string of the molecule is O=C(O)C(c1cccc2c1Sc1ccccc1S2)N1CCS(=O)(=O)CC1. The monoisotopic (exact) mass is 407 g/mol. The summed E-state index contributed by atoms with van der Waals surface area (Å²) in [6, 6.07) is 13.0. The summed E-state index contributed by atoms with van der Waals surface area (Å²) >= 11 is 3.23. The summed E-state index contributed by atoms with van der Waals surface area (Å²) in [5.74, 6) is -0.922. The van der Waals surface area contributed by atoms with Crippen LogP contribution in [0.25, 0.3) is 0 Å². The van der Waals surface area contributed by atoms with E-state index in [0.29, 0.717) is 0 Å². The molecule has 0 radical (unpaired) electrons. The van der Waals surface area contributed by atoms with Gasteiger partial charge >= 0.3 is 5.97 Å². The Morgan fingerprint density at radius 2 is 1.58 bits per heavy atom. The van der Waals surface area contributed by atoms with Crippen LogP contribution in [0.15, 0.2) is 62.0 Å². The number of hydrogen-bond acceptors (Lipinski definition) is 6. The summed E-state index contributed by atoms with van der Waals surface area (Å²) in [5.41, 5.74) is 0.737. The van der Waals surface area contributed by atoms with Gasteiger partial charge in [-0.15, -0.1) is 0 Å². The van der Waals surface area contributed by atoms with Gasteiger partial charge in [-0.1, -0.05) is 47.8 Å². The average Bonchev–Trinajstić information content (AvgIpc) is 2.61. The molecule has 5 nitrogen and oxygen atoms in total. The predicted molar refractivity (Wildman–Crippen MR) is 102 cm³/mol. The van der Waals surface area contributed by atoms with Crippen molar-refractivity contribution in [1.29, 1.82) is 0 Å². The molecule has 1 saturated heterocycles. The number of hydrogen-bond donors (Lipinski definition) is 1. The summed E-state index contributed by atoms with van der Waals surface area (Å²) in [6.07, 6.45) is 0. The summed E-state index contributed by atoms with van der Waals surface area (Å²) in [5, 5.41) is 9.90. The first-order chi connectivity index (χ1) is 12.4. The maximum absolute atomic E-state index is 12.1. The molecule has 2 aromatic carbocycles. The van der Waals surface area contributed by atoms with E-state index in [4.69, 9.17) is 0 Å². The van der Waals surface area contributed by atoms with E-state index in [-0.39, 0.29) is 24.6 Å². The second kappa shape index (κ2) is 6.92. The van der Waals surface area contributed by atoms with E-state index in [1.165, 1.54) is 0 Å². The zero-order chi connectivity index (χ0) is 18.3. The van der Waals surface area contributed by atoms with Gasteiger partial charge in [-0.25, -0.2) is 8.42 Å². The Bertz CT molecular complexity index is 960. The van der Waals surface area contributed by atoms with Crippen molar-refractivity contribution in [3.63, 3.8) is 0 Å². The maximum atomic E-state index is 12.1. The summed E-state index contributed by atoms with van der Waals surface area (Å²) in [6.45, 7) is 0.495. The quantitative estimate of drug-likeness (QED) is 0.715. The molecule has 4 rings (SSSR count). The van der Waals surface area contributed by atoms with Gasteiger partial charge in [-0.2, -0.15) is 0 Å². The van der Waals surface area contributed by atoms with Crippen molar-refractivity contribution in [2.24, 2.45) is 0 Å². The first-order valence-corrected chi connectivity index (χ1v) is 11.6. The standard InChI is InChI=1S/C18H17NO4S3/c20-18(21)16(19-8-10-26(22,23)11-9-19)12-4-3-7-15-17(12)25-14-6-2-1-5-13(14)24-15/h1-7,16H,8-11H2,(H,20,21). The van der Waals surface area contributed by atoms with Crippen LogP contribution in [0.4, 0.5) is 0 Å². The Balaban J connectivity index is 1.72. The highest BCUT2D eigenvalue weighted by Gasteiger charge is 2.35. The van der Waals surface area contributed by atoms with E-state index >= 15 is 0 Å². The van der Waals surface area contributed by atoms with Gasteiger partial charge < -0.3 is 5.11 Å².